The first-order chi connectivity index (χ1) is 7.39. The summed E-state index contributed by atoms with van der Waals surface area (Å²) in [6.07, 6.45) is 0. The van der Waals surface area contributed by atoms with E-state index in [1.165, 1.54) is 6.07 Å². The molecule has 0 aliphatic heterocycles. The smallest absolute Gasteiger partial charge is 0.214 e. The second-order valence-electron chi connectivity index (χ2n) is 4.43. The molecule has 1 unspecified atom stereocenters. The van der Waals surface area contributed by atoms with E-state index >= 15 is 0 Å². The van der Waals surface area contributed by atoms with Crippen molar-refractivity contribution in [3.63, 3.8) is 0 Å². The van der Waals surface area contributed by atoms with Gasteiger partial charge >= 0.3 is 0 Å². The molecule has 0 amide bonds. The average Bonchev–Trinajstić information content (AvgIpc) is 2.13. The molecule has 90 valence electrons. The van der Waals surface area contributed by atoms with Crippen molar-refractivity contribution in [3.05, 3.63) is 24.1 Å². The van der Waals surface area contributed by atoms with E-state index < -0.39 is 11.5 Å². The minimum absolute atomic E-state index is 0.321. The molecular weight excluding hydrogens is 209 g/mol. The molecule has 1 rings (SSSR count). The topological polar surface area (TPSA) is 48.4 Å². The van der Waals surface area contributed by atoms with Crippen molar-refractivity contribution in [2.24, 2.45) is 0 Å². The maximum absolute atomic E-state index is 12.8. The zero-order valence-corrected chi connectivity index (χ0v) is 9.87. The van der Waals surface area contributed by atoms with Crippen LogP contribution in [-0.2, 0) is 0 Å². The molecule has 0 saturated heterocycles. The van der Waals surface area contributed by atoms with Crippen LogP contribution >= 0.6 is 0 Å². The number of aromatic nitrogens is 1. The Morgan fingerprint density at radius 1 is 1.50 bits per heavy atom. The molecule has 0 radical (unpaired) electrons. The Morgan fingerprint density at radius 2 is 2.19 bits per heavy atom. The van der Waals surface area contributed by atoms with Crippen molar-refractivity contribution in [2.45, 2.75) is 12.5 Å². The monoisotopic (exact) mass is 227 g/mol. The van der Waals surface area contributed by atoms with Crippen molar-refractivity contribution in [1.29, 1.82) is 0 Å². The van der Waals surface area contributed by atoms with E-state index in [2.05, 4.69) is 10.3 Å². The second-order valence-corrected chi connectivity index (χ2v) is 4.43. The molecule has 0 aromatic carbocycles. The quantitative estimate of drug-likeness (QED) is 0.735. The maximum Gasteiger partial charge on any atom is 0.214 e. The molecule has 2 N–H and O–H groups in total. The summed E-state index contributed by atoms with van der Waals surface area (Å²) in [6, 6.07) is 4.52. The molecule has 0 aliphatic carbocycles. The highest BCUT2D eigenvalue weighted by Crippen LogP contribution is 2.08. The summed E-state index contributed by atoms with van der Waals surface area (Å²) in [5.41, 5.74) is -0.877. The fourth-order valence-electron chi connectivity index (χ4n) is 1.52. The highest BCUT2D eigenvalue weighted by atomic mass is 19.1. The van der Waals surface area contributed by atoms with Gasteiger partial charge in [-0.25, -0.2) is 4.98 Å². The third-order valence-corrected chi connectivity index (χ3v) is 2.02. The minimum atomic E-state index is -0.877. The van der Waals surface area contributed by atoms with E-state index in [4.69, 9.17) is 0 Å². The van der Waals surface area contributed by atoms with Gasteiger partial charge < -0.3 is 15.3 Å². The summed E-state index contributed by atoms with van der Waals surface area (Å²) in [5.74, 6) is -0.101. The minimum Gasteiger partial charge on any atom is -0.387 e. The fourth-order valence-corrected chi connectivity index (χ4v) is 1.52. The Balaban J connectivity index is 2.50. The van der Waals surface area contributed by atoms with Crippen LogP contribution in [0.2, 0.25) is 0 Å². The Kier molecular flexibility index (Phi) is 4.20. The molecule has 0 fully saturated rings. The molecule has 1 heterocycles. The Hall–Kier alpha value is -1.20. The molecule has 1 aromatic heterocycles. The zero-order chi connectivity index (χ0) is 12.2. The van der Waals surface area contributed by atoms with Crippen LogP contribution in [0.25, 0.3) is 0 Å². The lowest BCUT2D eigenvalue weighted by molar-refractivity contribution is 0.0459. The highest BCUT2D eigenvalue weighted by molar-refractivity contribution is 5.33. The van der Waals surface area contributed by atoms with Gasteiger partial charge in [0.1, 0.15) is 5.82 Å². The van der Waals surface area contributed by atoms with Crippen molar-refractivity contribution in [3.8, 4) is 0 Å². The van der Waals surface area contributed by atoms with Gasteiger partial charge in [-0.2, -0.15) is 4.39 Å². The first-order valence-corrected chi connectivity index (χ1v) is 5.13. The molecule has 1 aromatic rings. The third-order valence-electron chi connectivity index (χ3n) is 2.02. The summed E-state index contributed by atoms with van der Waals surface area (Å²) < 4.78 is 12.8. The van der Waals surface area contributed by atoms with Crippen LogP contribution in [0.1, 0.15) is 6.92 Å². The number of halogens is 1. The Bertz CT molecular complexity index is 342. The second kappa shape index (κ2) is 5.23. The predicted molar refractivity (Wildman–Crippen MR) is 61.9 cm³/mol. The summed E-state index contributed by atoms with van der Waals surface area (Å²) >= 11 is 0. The number of hydrogen-bond acceptors (Lipinski definition) is 4. The lowest BCUT2D eigenvalue weighted by Crippen LogP contribution is -2.43. The number of nitrogens with zero attached hydrogens (tertiary/aromatic N) is 2. The Morgan fingerprint density at radius 3 is 2.75 bits per heavy atom. The molecule has 0 spiro atoms. The molecular formula is C11H18FN3O. The zero-order valence-electron chi connectivity index (χ0n) is 9.87. The normalized spacial score (nSPS) is 14.9. The van der Waals surface area contributed by atoms with Gasteiger partial charge in [-0.15, -0.1) is 0 Å². The van der Waals surface area contributed by atoms with Crippen LogP contribution < -0.4 is 5.32 Å². The van der Waals surface area contributed by atoms with E-state index in [0.29, 0.717) is 18.9 Å². The largest absolute Gasteiger partial charge is 0.387 e. The number of likely N-dealkylation sites (N-methyl/N-ethyl adjacent to an activating group) is 1. The van der Waals surface area contributed by atoms with Gasteiger partial charge in [0.05, 0.1) is 5.60 Å². The Labute approximate surface area is 95.1 Å². The van der Waals surface area contributed by atoms with Crippen molar-refractivity contribution < 1.29 is 9.50 Å². The molecule has 4 nitrogen and oxygen atoms in total. The van der Waals surface area contributed by atoms with Crippen LogP contribution in [-0.4, -0.2) is 47.8 Å². The highest BCUT2D eigenvalue weighted by Gasteiger charge is 2.21. The van der Waals surface area contributed by atoms with E-state index in [-0.39, 0.29) is 0 Å². The lowest BCUT2D eigenvalue weighted by Gasteiger charge is -2.27. The van der Waals surface area contributed by atoms with Crippen LogP contribution in [0.3, 0.4) is 0 Å². The van der Waals surface area contributed by atoms with E-state index in [1.54, 1.807) is 19.1 Å². The van der Waals surface area contributed by atoms with Crippen LogP contribution in [0.5, 0.6) is 0 Å². The lowest BCUT2D eigenvalue weighted by atomic mass is 10.1. The number of nitrogens with one attached hydrogen (secondary N) is 1. The molecule has 0 aliphatic rings. The molecule has 16 heavy (non-hydrogen) atoms. The van der Waals surface area contributed by atoms with Crippen LogP contribution in [0.15, 0.2) is 18.2 Å². The molecule has 5 heteroatoms. The van der Waals surface area contributed by atoms with Crippen LogP contribution in [0.4, 0.5) is 10.2 Å². The molecule has 1 atom stereocenters. The first kappa shape index (κ1) is 12.9. The summed E-state index contributed by atoms with van der Waals surface area (Å²) in [5, 5.41) is 12.9. The molecule has 0 saturated carbocycles. The van der Waals surface area contributed by atoms with Gasteiger partial charge in [0.15, 0.2) is 0 Å². The maximum atomic E-state index is 12.8. The first-order valence-electron chi connectivity index (χ1n) is 5.13. The number of pyridine rings is 1. The van der Waals surface area contributed by atoms with Gasteiger partial charge in [-0.1, -0.05) is 6.07 Å². The summed E-state index contributed by atoms with van der Waals surface area (Å²) in [6.45, 7) is 2.57. The van der Waals surface area contributed by atoms with E-state index in [1.807, 2.05) is 19.0 Å². The van der Waals surface area contributed by atoms with E-state index in [9.17, 15) is 9.50 Å². The summed E-state index contributed by atoms with van der Waals surface area (Å²) in [7, 11) is 3.77. The van der Waals surface area contributed by atoms with Crippen molar-refractivity contribution in [1.82, 2.24) is 9.88 Å². The number of rotatable bonds is 5. The number of aliphatic hydroxyl groups is 1. The SMILES string of the molecule is CN(C)CC(C)(O)CNc1cccc(F)n1. The predicted octanol–water partition coefficient (Wildman–Crippen LogP) is 0.945. The van der Waals surface area contributed by atoms with Gasteiger partial charge in [0.2, 0.25) is 5.95 Å². The van der Waals surface area contributed by atoms with Crippen molar-refractivity contribution >= 4 is 5.82 Å². The number of anilines is 1. The van der Waals surface area contributed by atoms with Gasteiger partial charge in [-0.3, -0.25) is 0 Å². The molecule has 0 bridgehead atoms. The van der Waals surface area contributed by atoms with Crippen molar-refractivity contribution in [2.75, 3.05) is 32.5 Å². The van der Waals surface area contributed by atoms with Gasteiger partial charge in [-0.05, 0) is 33.2 Å². The van der Waals surface area contributed by atoms with Gasteiger partial charge in [0, 0.05) is 13.1 Å². The third kappa shape index (κ3) is 4.55. The summed E-state index contributed by atoms with van der Waals surface area (Å²) in [4.78, 5) is 5.54. The fraction of sp³-hybridized carbons (Fsp3) is 0.545. The van der Waals surface area contributed by atoms with Gasteiger partial charge in [0.25, 0.3) is 0 Å². The average molecular weight is 227 g/mol. The standard InChI is InChI=1S/C11H18FN3O/c1-11(16,8-15(2)3)7-13-10-6-4-5-9(12)14-10/h4-6,16H,7-8H2,1-3H3,(H,13,14). The van der Waals surface area contributed by atoms with Crippen LogP contribution in [0, 0.1) is 5.95 Å². The van der Waals surface area contributed by atoms with E-state index in [0.717, 1.165) is 0 Å². The number of hydrogen-bond donors (Lipinski definition) is 2.